The molecule has 1 aromatic carbocycles. The molecule has 1 saturated carbocycles. The van der Waals surface area contributed by atoms with Gasteiger partial charge in [-0.25, -0.2) is 4.98 Å². The quantitative estimate of drug-likeness (QED) is 0.520. The Bertz CT molecular complexity index is 1010. The van der Waals surface area contributed by atoms with E-state index in [0.717, 1.165) is 30.5 Å². The second kappa shape index (κ2) is 11.6. The van der Waals surface area contributed by atoms with E-state index in [1.165, 1.54) is 0 Å². The Labute approximate surface area is 195 Å². The van der Waals surface area contributed by atoms with Crippen LogP contribution >= 0.6 is 0 Å². The maximum Gasteiger partial charge on any atom is 0.224 e. The van der Waals surface area contributed by atoms with Crippen LogP contribution in [0, 0.1) is 29.1 Å². The first-order valence-corrected chi connectivity index (χ1v) is 11.7. The number of H-pyrrole nitrogens is 1. The first kappa shape index (κ1) is 24.4. The monoisotopic (exact) mass is 448 g/mol. The summed E-state index contributed by atoms with van der Waals surface area (Å²) in [7, 11) is 0. The van der Waals surface area contributed by atoms with E-state index in [-0.39, 0.29) is 41.6 Å². The molecule has 174 valence electrons. The zero-order valence-electron chi connectivity index (χ0n) is 19.3. The van der Waals surface area contributed by atoms with E-state index in [2.05, 4.69) is 21.4 Å². The predicted molar refractivity (Wildman–Crippen MR) is 125 cm³/mol. The van der Waals surface area contributed by atoms with E-state index < -0.39 is 12.0 Å². The number of hydrogen-bond donors (Lipinski definition) is 2. The summed E-state index contributed by atoms with van der Waals surface area (Å²) in [5.41, 5.74) is 1.67. The molecule has 7 nitrogen and oxygen atoms in total. The topological polar surface area (TPSA) is 116 Å². The number of Topliss-reactive ketones (excluding diaryl/α,β-unsaturated/α-hetero) is 2. The minimum absolute atomic E-state index is 0.00621. The standard InChI is InChI=1S/C26H32N4O3/c1-17(2)12-20(26(33)29-21(15-27)13-19-10-6-7-11-23(19)31)14-24(32)25-28-16-22(30-25)18-8-4-3-5-9-18/h3-5,8-9,16-17,19-21H,6-7,10-14H2,1-2H3,(H,28,30)(H,29,33)/t19?,20-,21+/m1/s1. The molecule has 2 aromatic rings. The molecule has 1 heterocycles. The lowest BCUT2D eigenvalue weighted by atomic mass is 9.83. The van der Waals surface area contributed by atoms with E-state index in [4.69, 9.17) is 0 Å². The van der Waals surface area contributed by atoms with E-state index in [1.807, 2.05) is 44.2 Å². The summed E-state index contributed by atoms with van der Waals surface area (Å²) >= 11 is 0. The molecule has 0 saturated heterocycles. The first-order chi connectivity index (χ1) is 15.9. The van der Waals surface area contributed by atoms with Crippen molar-refractivity contribution in [3.05, 3.63) is 42.4 Å². The van der Waals surface area contributed by atoms with Crippen LogP contribution in [0.4, 0.5) is 0 Å². The van der Waals surface area contributed by atoms with Crippen LogP contribution in [0.1, 0.15) is 69.4 Å². The van der Waals surface area contributed by atoms with Gasteiger partial charge in [-0.05, 0) is 37.2 Å². The van der Waals surface area contributed by atoms with Crippen molar-refractivity contribution in [2.45, 2.75) is 64.8 Å². The highest BCUT2D eigenvalue weighted by Crippen LogP contribution is 2.25. The number of imidazole rings is 1. The number of nitrogens with zero attached hydrogens (tertiary/aromatic N) is 2. The van der Waals surface area contributed by atoms with Crippen molar-refractivity contribution >= 4 is 17.5 Å². The number of amides is 1. The molecule has 0 spiro atoms. The van der Waals surface area contributed by atoms with E-state index >= 15 is 0 Å². The number of benzene rings is 1. The van der Waals surface area contributed by atoms with E-state index in [1.54, 1.807) is 6.20 Å². The first-order valence-electron chi connectivity index (χ1n) is 11.7. The lowest BCUT2D eigenvalue weighted by molar-refractivity contribution is -0.127. The minimum Gasteiger partial charge on any atom is -0.340 e. The largest absolute Gasteiger partial charge is 0.340 e. The van der Waals surface area contributed by atoms with Crippen LogP contribution < -0.4 is 5.32 Å². The summed E-state index contributed by atoms with van der Waals surface area (Å²) < 4.78 is 0. The average molecular weight is 449 g/mol. The van der Waals surface area contributed by atoms with Gasteiger partial charge < -0.3 is 10.3 Å². The van der Waals surface area contributed by atoms with Crippen molar-refractivity contribution in [3.63, 3.8) is 0 Å². The number of aromatic nitrogens is 2. The maximum atomic E-state index is 13.0. The van der Waals surface area contributed by atoms with Gasteiger partial charge in [-0.2, -0.15) is 5.26 Å². The summed E-state index contributed by atoms with van der Waals surface area (Å²) in [6.07, 6.45) is 5.67. The zero-order valence-corrected chi connectivity index (χ0v) is 19.3. The second-order valence-corrected chi connectivity index (χ2v) is 9.30. The van der Waals surface area contributed by atoms with Gasteiger partial charge in [0, 0.05) is 24.7 Å². The smallest absolute Gasteiger partial charge is 0.224 e. The highest BCUT2D eigenvalue weighted by Gasteiger charge is 2.30. The average Bonchev–Trinajstić information content (AvgIpc) is 3.30. The summed E-state index contributed by atoms with van der Waals surface area (Å²) in [6, 6.07) is 11.0. The Kier molecular flexibility index (Phi) is 8.53. The summed E-state index contributed by atoms with van der Waals surface area (Å²) in [6.45, 7) is 3.99. The van der Waals surface area contributed by atoms with Gasteiger partial charge in [0.1, 0.15) is 11.8 Å². The van der Waals surface area contributed by atoms with E-state index in [9.17, 15) is 19.6 Å². The molecule has 1 unspecified atom stereocenters. The fraction of sp³-hybridized carbons (Fsp3) is 0.500. The van der Waals surface area contributed by atoms with Crippen LogP contribution in [-0.2, 0) is 9.59 Å². The lowest BCUT2D eigenvalue weighted by Crippen LogP contribution is -2.41. The number of nitriles is 1. The predicted octanol–water partition coefficient (Wildman–Crippen LogP) is 4.47. The number of carbonyl (C=O) groups excluding carboxylic acids is 3. The van der Waals surface area contributed by atoms with Crippen LogP contribution in [0.25, 0.3) is 11.3 Å². The molecule has 33 heavy (non-hydrogen) atoms. The molecule has 7 heteroatoms. The third-order valence-electron chi connectivity index (χ3n) is 6.16. The van der Waals surface area contributed by atoms with Crippen molar-refractivity contribution in [2.75, 3.05) is 0 Å². The Morgan fingerprint density at radius 1 is 1.24 bits per heavy atom. The Morgan fingerprint density at radius 2 is 2.00 bits per heavy atom. The number of carbonyl (C=O) groups is 3. The molecule has 2 N–H and O–H groups in total. The van der Waals surface area contributed by atoms with Crippen molar-refractivity contribution < 1.29 is 14.4 Å². The highest BCUT2D eigenvalue weighted by atomic mass is 16.2. The van der Waals surface area contributed by atoms with Crippen molar-refractivity contribution in [1.29, 1.82) is 5.26 Å². The van der Waals surface area contributed by atoms with Crippen molar-refractivity contribution in [3.8, 4) is 17.3 Å². The molecule has 1 aromatic heterocycles. The Balaban J connectivity index is 1.65. The molecule has 3 rings (SSSR count). The van der Waals surface area contributed by atoms with Gasteiger partial charge in [-0.15, -0.1) is 0 Å². The second-order valence-electron chi connectivity index (χ2n) is 9.30. The maximum absolute atomic E-state index is 13.0. The molecule has 0 aliphatic heterocycles. The van der Waals surface area contributed by atoms with Gasteiger partial charge in [-0.1, -0.05) is 50.6 Å². The van der Waals surface area contributed by atoms with Gasteiger partial charge in [0.05, 0.1) is 18.0 Å². The summed E-state index contributed by atoms with van der Waals surface area (Å²) in [5, 5.41) is 12.4. The Morgan fingerprint density at radius 3 is 2.67 bits per heavy atom. The van der Waals surface area contributed by atoms with Gasteiger partial charge in [0.15, 0.2) is 11.6 Å². The van der Waals surface area contributed by atoms with Crippen molar-refractivity contribution in [1.82, 2.24) is 15.3 Å². The third kappa shape index (κ3) is 6.85. The lowest BCUT2D eigenvalue weighted by Gasteiger charge is -2.24. The molecule has 3 atom stereocenters. The summed E-state index contributed by atoms with van der Waals surface area (Å²) in [5.74, 6) is -0.702. The van der Waals surface area contributed by atoms with Crippen LogP contribution in [0.3, 0.4) is 0 Å². The van der Waals surface area contributed by atoms with Crippen LogP contribution in [0.2, 0.25) is 0 Å². The van der Waals surface area contributed by atoms with Crippen LogP contribution in [0.5, 0.6) is 0 Å². The van der Waals surface area contributed by atoms with E-state index in [0.29, 0.717) is 19.3 Å². The van der Waals surface area contributed by atoms with Gasteiger partial charge in [0.2, 0.25) is 5.91 Å². The molecular formula is C26H32N4O3. The number of aromatic amines is 1. The highest BCUT2D eigenvalue weighted by molar-refractivity contribution is 5.96. The molecule has 1 aliphatic carbocycles. The third-order valence-corrected chi connectivity index (χ3v) is 6.16. The SMILES string of the molecule is CC(C)C[C@H](CC(=O)c1ncc(-c2ccccc2)[nH]1)C(=O)N[C@H](C#N)CC1CCCCC1=O. The number of ketones is 2. The number of hydrogen-bond acceptors (Lipinski definition) is 5. The molecule has 1 aliphatic rings. The van der Waals surface area contributed by atoms with Gasteiger partial charge in [0.25, 0.3) is 0 Å². The fourth-order valence-corrected chi connectivity index (χ4v) is 4.42. The fourth-order valence-electron chi connectivity index (χ4n) is 4.42. The van der Waals surface area contributed by atoms with Crippen LogP contribution in [-0.4, -0.2) is 33.5 Å². The summed E-state index contributed by atoms with van der Waals surface area (Å²) in [4.78, 5) is 45.4. The zero-order chi connectivity index (χ0) is 23.8. The Hall–Kier alpha value is -3.27. The molecule has 1 amide bonds. The molecule has 0 bridgehead atoms. The molecule has 0 radical (unpaired) electrons. The molecular weight excluding hydrogens is 416 g/mol. The normalized spacial score (nSPS) is 17.9. The van der Waals surface area contributed by atoms with Crippen LogP contribution in [0.15, 0.2) is 36.5 Å². The molecule has 1 fully saturated rings. The van der Waals surface area contributed by atoms with Gasteiger partial charge in [-0.3, -0.25) is 14.4 Å². The number of rotatable bonds is 10. The van der Waals surface area contributed by atoms with Crippen molar-refractivity contribution in [2.24, 2.45) is 17.8 Å². The minimum atomic E-state index is -0.734. The number of nitrogens with one attached hydrogen (secondary N) is 2. The van der Waals surface area contributed by atoms with Gasteiger partial charge >= 0.3 is 0 Å².